The largest absolute Gasteiger partial charge is 0.328 e. The predicted octanol–water partition coefficient (Wildman–Crippen LogP) is 4.98. The summed E-state index contributed by atoms with van der Waals surface area (Å²) in [5, 5.41) is 11.1. The van der Waals surface area contributed by atoms with Crippen molar-refractivity contribution in [3.8, 4) is 0 Å². The Labute approximate surface area is 174 Å². The second-order valence-electron chi connectivity index (χ2n) is 7.38. The van der Waals surface area contributed by atoms with Gasteiger partial charge in [-0.3, -0.25) is 4.79 Å². The summed E-state index contributed by atoms with van der Waals surface area (Å²) in [4.78, 5) is 17.5. The molecule has 0 spiro atoms. The van der Waals surface area contributed by atoms with Gasteiger partial charge < -0.3 is 10.6 Å². The average Bonchev–Trinajstić information content (AvgIpc) is 3.16. The first-order valence-electron chi connectivity index (χ1n) is 9.48. The highest BCUT2D eigenvalue weighted by Gasteiger charge is 2.33. The predicted molar refractivity (Wildman–Crippen MR) is 115 cm³/mol. The molecule has 2 aromatic carbocycles. The summed E-state index contributed by atoms with van der Waals surface area (Å²) in [6.45, 7) is 6.19. The quantitative estimate of drug-likeness (QED) is 0.639. The Morgan fingerprint density at radius 2 is 1.83 bits per heavy atom. The van der Waals surface area contributed by atoms with Crippen LogP contribution < -0.4 is 10.6 Å². The lowest BCUT2D eigenvalue weighted by molar-refractivity contribution is -0.113. The van der Waals surface area contributed by atoms with Crippen molar-refractivity contribution in [1.29, 1.82) is 0 Å². The van der Waals surface area contributed by atoms with E-state index in [0.717, 1.165) is 11.3 Å². The Balaban J connectivity index is 1.73. The maximum Gasteiger partial charge on any atom is 0.255 e. The van der Waals surface area contributed by atoms with Crippen molar-refractivity contribution in [3.05, 3.63) is 82.3 Å². The molecule has 3 aromatic rings. The number of allylic oxidation sites excluding steroid dienone is 1. The van der Waals surface area contributed by atoms with Crippen LogP contribution in [-0.2, 0) is 4.79 Å². The van der Waals surface area contributed by atoms with Crippen molar-refractivity contribution >= 4 is 29.1 Å². The molecule has 1 atom stereocenters. The molecule has 0 bridgehead atoms. The number of hydrogen-bond acceptors (Lipinski definition) is 4. The number of nitrogens with zero attached hydrogens (tertiary/aromatic N) is 3. The minimum Gasteiger partial charge on any atom is -0.328 e. The number of halogens is 1. The summed E-state index contributed by atoms with van der Waals surface area (Å²) >= 11 is 5.95. The monoisotopic (exact) mass is 407 g/mol. The highest BCUT2D eigenvalue weighted by molar-refractivity contribution is 6.30. The number of aromatic nitrogens is 3. The number of fused-ring (bicyclic) bond motifs is 1. The molecule has 1 aliphatic heterocycles. The molecule has 0 radical (unpaired) electrons. The van der Waals surface area contributed by atoms with Crippen LogP contribution in [0.25, 0.3) is 0 Å². The van der Waals surface area contributed by atoms with Crippen LogP contribution >= 0.6 is 11.6 Å². The Morgan fingerprint density at radius 3 is 2.48 bits per heavy atom. The molecular formula is C22H22ClN5O. The van der Waals surface area contributed by atoms with E-state index in [0.29, 0.717) is 28.1 Å². The first-order valence-corrected chi connectivity index (χ1v) is 9.86. The Kier molecular flexibility index (Phi) is 5.11. The number of carbonyl (C=O) groups excluding carboxylic acids is 1. The van der Waals surface area contributed by atoms with Crippen LogP contribution in [0, 0.1) is 0 Å². The minimum atomic E-state index is -0.373. The van der Waals surface area contributed by atoms with E-state index < -0.39 is 0 Å². The standard InChI is InChI=1S/C22H22ClN5O/c1-13(2)15-4-6-16(7-5-15)20-19(14(3)26-22-24-12-25-28(20)22)21(29)27-18-10-8-17(23)9-11-18/h4-13,20H,1-3H3,(H,27,29)(H,24,25,26)/t20-/m0/s1. The first-order chi connectivity index (χ1) is 13.9. The molecule has 2 heterocycles. The summed E-state index contributed by atoms with van der Waals surface area (Å²) in [6, 6.07) is 15.0. The van der Waals surface area contributed by atoms with E-state index in [1.165, 1.54) is 11.9 Å². The molecule has 1 amide bonds. The first kappa shape index (κ1) is 19.2. The zero-order chi connectivity index (χ0) is 20.5. The zero-order valence-electron chi connectivity index (χ0n) is 16.5. The molecule has 29 heavy (non-hydrogen) atoms. The molecule has 1 aromatic heterocycles. The number of nitrogens with one attached hydrogen (secondary N) is 2. The van der Waals surface area contributed by atoms with E-state index >= 15 is 0 Å². The summed E-state index contributed by atoms with van der Waals surface area (Å²) in [5.41, 5.74) is 4.24. The third kappa shape index (κ3) is 3.76. The summed E-state index contributed by atoms with van der Waals surface area (Å²) in [5.74, 6) is 0.851. The molecule has 0 saturated heterocycles. The highest BCUT2D eigenvalue weighted by Crippen LogP contribution is 2.35. The van der Waals surface area contributed by atoms with Gasteiger partial charge >= 0.3 is 0 Å². The van der Waals surface area contributed by atoms with E-state index in [4.69, 9.17) is 11.6 Å². The van der Waals surface area contributed by atoms with Crippen molar-refractivity contribution in [2.75, 3.05) is 10.6 Å². The SMILES string of the molecule is CC1=C(C(=O)Nc2ccc(Cl)cc2)[C@H](c2ccc(C(C)C)cc2)n2ncnc2N1. The smallest absolute Gasteiger partial charge is 0.255 e. The molecule has 0 aliphatic carbocycles. The molecule has 148 valence electrons. The van der Waals surface area contributed by atoms with Gasteiger partial charge in [0.25, 0.3) is 5.91 Å². The number of benzene rings is 2. The van der Waals surface area contributed by atoms with Gasteiger partial charge in [0.15, 0.2) is 0 Å². The van der Waals surface area contributed by atoms with E-state index in [2.05, 4.69) is 58.8 Å². The van der Waals surface area contributed by atoms with E-state index in [1.807, 2.05) is 6.92 Å². The molecule has 6 nitrogen and oxygen atoms in total. The van der Waals surface area contributed by atoms with Crippen LogP contribution in [0.2, 0.25) is 5.02 Å². The third-order valence-corrected chi connectivity index (χ3v) is 5.31. The van der Waals surface area contributed by atoms with Crippen LogP contribution in [0.5, 0.6) is 0 Å². The summed E-state index contributed by atoms with van der Waals surface area (Å²) in [6.07, 6.45) is 1.49. The molecule has 7 heteroatoms. The fourth-order valence-corrected chi connectivity index (χ4v) is 3.61. The van der Waals surface area contributed by atoms with Crippen LogP contribution in [0.15, 0.2) is 66.1 Å². The van der Waals surface area contributed by atoms with E-state index in [1.54, 1.807) is 28.9 Å². The molecular weight excluding hydrogens is 386 g/mol. The summed E-state index contributed by atoms with van der Waals surface area (Å²) < 4.78 is 1.74. The van der Waals surface area contributed by atoms with Gasteiger partial charge in [0.2, 0.25) is 5.95 Å². The van der Waals surface area contributed by atoms with Crippen LogP contribution in [0.3, 0.4) is 0 Å². The number of amides is 1. The van der Waals surface area contributed by atoms with Crippen molar-refractivity contribution in [2.24, 2.45) is 0 Å². The topological polar surface area (TPSA) is 71.8 Å². The third-order valence-electron chi connectivity index (χ3n) is 5.06. The molecule has 0 unspecified atom stereocenters. The van der Waals surface area contributed by atoms with Gasteiger partial charge in [0.1, 0.15) is 12.4 Å². The average molecular weight is 408 g/mol. The van der Waals surface area contributed by atoms with Gasteiger partial charge in [-0.25, -0.2) is 4.68 Å². The van der Waals surface area contributed by atoms with Gasteiger partial charge in [0, 0.05) is 16.4 Å². The fraction of sp³-hybridized carbons (Fsp3) is 0.227. The molecule has 4 rings (SSSR count). The number of carbonyl (C=O) groups is 1. The Hall–Kier alpha value is -3.12. The molecule has 2 N–H and O–H groups in total. The maximum atomic E-state index is 13.2. The zero-order valence-corrected chi connectivity index (χ0v) is 17.2. The molecule has 1 aliphatic rings. The summed E-state index contributed by atoms with van der Waals surface area (Å²) in [7, 11) is 0. The van der Waals surface area contributed by atoms with Crippen molar-refractivity contribution in [1.82, 2.24) is 14.8 Å². The van der Waals surface area contributed by atoms with Crippen LogP contribution in [0.4, 0.5) is 11.6 Å². The van der Waals surface area contributed by atoms with Crippen LogP contribution in [0.1, 0.15) is 43.9 Å². The number of rotatable bonds is 4. The van der Waals surface area contributed by atoms with Gasteiger partial charge in [0.05, 0.1) is 5.57 Å². The Bertz CT molecular complexity index is 1070. The highest BCUT2D eigenvalue weighted by atomic mass is 35.5. The lowest BCUT2D eigenvalue weighted by atomic mass is 9.93. The van der Waals surface area contributed by atoms with Gasteiger partial charge in [-0.2, -0.15) is 10.1 Å². The second-order valence-corrected chi connectivity index (χ2v) is 7.81. The number of hydrogen-bond donors (Lipinski definition) is 2. The molecule has 0 fully saturated rings. The van der Waals surface area contributed by atoms with E-state index in [9.17, 15) is 4.79 Å². The Morgan fingerprint density at radius 1 is 1.14 bits per heavy atom. The minimum absolute atomic E-state index is 0.198. The lowest BCUT2D eigenvalue weighted by Crippen LogP contribution is -2.31. The van der Waals surface area contributed by atoms with Gasteiger partial charge in [-0.1, -0.05) is 49.7 Å². The normalized spacial score (nSPS) is 15.8. The van der Waals surface area contributed by atoms with Gasteiger partial charge in [-0.15, -0.1) is 0 Å². The number of anilines is 2. The van der Waals surface area contributed by atoms with Crippen molar-refractivity contribution in [2.45, 2.75) is 32.7 Å². The second kappa shape index (κ2) is 7.72. The van der Waals surface area contributed by atoms with Crippen LogP contribution in [-0.4, -0.2) is 20.7 Å². The maximum absolute atomic E-state index is 13.2. The van der Waals surface area contributed by atoms with Crippen molar-refractivity contribution in [3.63, 3.8) is 0 Å². The fourth-order valence-electron chi connectivity index (χ4n) is 3.49. The van der Waals surface area contributed by atoms with E-state index in [-0.39, 0.29) is 11.9 Å². The van der Waals surface area contributed by atoms with Gasteiger partial charge in [-0.05, 0) is 48.2 Å². The lowest BCUT2D eigenvalue weighted by Gasteiger charge is -2.29. The molecule has 0 saturated carbocycles. The van der Waals surface area contributed by atoms with Crippen molar-refractivity contribution < 1.29 is 4.79 Å².